The van der Waals surface area contributed by atoms with Gasteiger partial charge in [0, 0.05) is 3.57 Å². The first-order valence-corrected chi connectivity index (χ1v) is 7.13. The fourth-order valence-electron chi connectivity index (χ4n) is 2.06. The van der Waals surface area contributed by atoms with E-state index in [2.05, 4.69) is 84.1 Å². The van der Waals surface area contributed by atoms with Crippen molar-refractivity contribution >= 4 is 22.6 Å². The molecule has 0 spiro atoms. The Hall–Kier alpha value is -0.830. The molecule has 2 aromatic carbocycles. The fourth-order valence-corrected chi connectivity index (χ4v) is 2.98. The molecule has 0 fully saturated rings. The Labute approximate surface area is 117 Å². The van der Waals surface area contributed by atoms with Crippen LogP contribution < -0.4 is 0 Å². The Bertz CT molecular complexity index is 462. The number of rotatable bonds is 4. The number of halogens is 1. The van der Waals surface area contributed by atoms with Crippen LogP contribution >= 0.6 is 22.6 Å². The average molecular weight is 336 g/mol. The van der Waals surface area contributed by atoms with E-state index in [0.29, 0.717) is 5.92 Å². The van der Waals surface area contributed by atoms with Crippen LogP contribution in [0.5, 0.6) is 0 Å². The van der Waals surface area contributed by atoms with Gasteiger partial charge in [-0.3, -0.25) is 0 Å². The second kappa shape index (κ2) is 6.20. The van der Waals surface area contributed by atoms with Crippen molar-refractivity contribution in [3.63, 3.8) is 0 Å². The van der Waals surface area contributed by atoms with Gasteiger partial charge in [-0.2, -0.15) is 0 Å². The molecular weight excluding hydrogens is 319 g/mol. The van der Waals surface area contributed by atoms with Gasteiger partial charge in [-0.25, -0.2) is 0 Å². The Balaban J connectivity index is 1.99. The van der Waals surface area contributed by atoms with Gasteiger partial charge in [-0.15, -0.1) is 0 Å². The van der Waals surface area contributed by atoms with Crippen LogP contribution in [0, 0.1) is 3.57 Å². The standard InChI is InChI=1S/C16H17I/c1-13(15-9-5-6-10-16(15)17)11-12-14-7-3-2-4-8-14/h2-10,13H,11-12H2,1H3. The van der Waals surface area contributed by atoms with E-state index >= 15 is 0 Å². The third-order valence-corrected chi connectivity index (χ3v) is 4.13. The van der Waals surface area contributed by atoms with Crippen LogP contribution in [0.3, 0.4) is 0 Å². The number of hydrogen-bond donors (Lipinski definition) is 0. The molecule has 0 heterocycles. The lowest BCUT2D eigenvalue weighted by Gasteiger charge is -2.13. The lowest BCUT2D eigenvalue weighted by Crippen LogP contribution is -1.98. The number of aryl methyl sites for hydroxylation is 1. The van der Waals surface area contributed by atoms with Crippen molar-refractivity contribution in [1.29, 1.82) is 0 Å². The summed E-state index contributed by atoms with van der Waals surface area (Å²) in [6.45, 7) is 2.32. The van der Waals surface area contributed by atoms with Gasteiger partial charge in [-0.05, 0) is 58.5 Å². The zero-order valence-electron chi connectivity index (χ0n) is 10.1. The summed E-state index contributed by atoms with van der Waals surface area (Å²) >= 11 is 2.43. The molecular formula is C16H17I. The van der Waals surface area contributed by atoms with E-state index in [4.69, 9.17) is 0 Å². The van der Waals surface area contributed by atoms with Crippen LogP contribution in [0.2, 0.25) is 0 Å². The lowest BCUT2D eigenvalue weighted by atomic mass is 9.94. The summed E-state index contributed by atoms with van der Waals surface area (Å²) in [6.07, 6.45) is 2.37. The molecule has 2 aromatic rings. The molecule has 0 aliphatic carbocycles. The van der Waals surface area contributed by atoms with Gasteiger partial charge >= 0.3 is 0 Å². The van der Waals surface area contributed by atoms with Crippen LogP contribution in [0.4, 0.5) is 0 Å². The molecule has 0 saturated carbocycles. The number of hydrogen-bond acceptors (Lipinski definition) is 0. The van der Waals surface area contributed by atoms with Crippen LogP contribution in [-0.2, 0) is 6.42 Å². The van der Waals surface area contributed by atoms with E-state index in [1.165, 1.54) is 21.1 Å². The predicted molar refractivity (Wildman–Crippen MR) is 82.3 cm³/mol. The molecule has 1 unspecified atom stereocenters. The predicted octanol–water partition coefficient (Wildman–Crippen LogP) is 5.03. The van der Waals surface area contributed by atoms with Crippen molar-refractivity contribution in [2.24, 2.45) is 0 Å². The summed E-state index contributed by atoms with van der Waals surface area (Å²) in [5.74, 6) is 0.628. The summed E-state index contributed by atoms with van der Waals surface area (Å²) in [5, 5.41) is 0. The molecule has 1 atom stereocenters. The normalized spacial score (nSPS) is 12.4. The fraction of sp³-hybridized carbons (Fsp3) is 0.250. The molecule has 0 amide bonds. The molecule has 0 aromatic heterocycles. The minimum atomic E-state index is 0.628. The van der Waals surface area contributed by atoms with Gasteiger partial charge in [-0.1, -0.05) is 55.5 Å². The van der Waals surface area contributed by atoms with Crippen molar-refractivity contribution in [3.05, 3.63) is 69.3 Å². The van der Waals surface area contributed by atoms with Gasteiger partial charge in [0.15, 0.2) is 0 Å². The molecule has 0 nitrogen and oxygen atoms in total. The van der Waals surface area contributed by atoms with Gasteiger partial charge in [0.1, 0.15) is 0 Å². The molecule has 0 radical (unpaired) electrons. The molecule has 0 N–H and O–H groups in total. The summed E-state index contributed by atoms with van der Waals surface area (Å²) < 4.78 is 1.38. The van der Waals surface area contributed by atoms with Crippen molar-refractivity contribution < 1.29 is 0 Å². The zero-order valence-corrected chi connectivity index (χ0v) is 12.2. The van der Waals surface area contributed by atoms with E-state index < -0.39 is 0 Å². The molecule has 1 heteroatoms. The summed E-state index contributed by atoms with van der Waals surface area (Å²) in [7, 11) is 0. The van der Waals surface area contributed by atoms with E-state index in [1.807, 2.05) is 0 Å². The van der Waals surface area contributed by atoms with Crippen molar-refractivity contribution in [1.82, 2.24) is 0 Å². The largest absolute Gasteiger partial charge is 0.0622 e. The van der Waals surface area contributed by atoms with E-state index in [0.717, 1.165) is 6.42 Å². The Morgan fingerprint density at radius 1 is 0.941 bits per heavy atom. The molecule has 0 bridgehead atoms. The smallest absolute Gasteiger partial charge is 0.0165 e. The highest BCUT2D eigenvalue weighted by atomic mass is 127. The van der Waals surface area contributed by atoms with E-state index in [1.54, 1.807) is 0 Å². The van der Waals surface area contributed by atoms with Crippen molar-refractivity contribution in [3.8, 4) is 0 Å². The lowest BCUT2D eigenvalue weighted by molar-refractivity contribution is 0.676. The molecule has 2 rings (SSSR count). The Morgan fingerprint density at radius 2 is 1.59 bits per heavy atom. The summed E-state index contributed by atoms with van der Waals surface area (Å²) in [5.41, 5.74) is 2.91. The average Bonchev–Trinajstić information content (AvgIpc) is 2.38. The van der Waals surface area contributed by atoms with Gasteiger partial charge < -0.3 is 0 Å². The number of benzene rings is 2. The zero-order chi connectivity index (χ0) is 12.1. The molecule has 88 valence electrons. The minimum Gasteiger partial charge on any atom is -0.0622 e. The third kappa shape index (κ3) is 3.56. The van der Waals surface area contributed by atoms with E-state index in [-0.39, 0.29) is 0 Å². The molecule has 17 heavy (non-hydrogen) atoms. The first-order valence-electron chi connectivity index (χ1n) is 6.05. The first kappa shape index (κ1) is 12.6. The first-order chi connectivity index (χ1) is 8.27. The van der Waals surface area contributed by atoms with Crippen LogP contribution in [0.25, 0.3) is 0 Å². The van der Waals surface area contributed by atoms with Crippen LogP contribution in [-0.4, -0.2) is 0 Å². The van der Waals surface area contributed by atoms with Gasteiger partial charge in [0.2, 0.25) is 0 Å². The highest BCUT2D eigenvalue weighted by molar-refractivity contribution is 14.1. The monoisotopic (exact) mass is 336 g/mol. The quantitative estimate of drug-likeness (QED) is 0.687. The maximum atomic E-state index is 2.43. The van der Waals surface area contributed by atoms with E-state index in [9.17, 15) is 0 Å². The SMILES string of the molecule is CC(CCc1ccccc1)c1ccccc1I. The minimum absolute atomic E-state index is 0.628. The highest BCUT2D eigenvalue weighted by Gasteiger charge is 2.08. The van der Waals surface area contributed by atoms with Crippen molar-refractivity contribution in [2.45, 2.75) is 25.7 Å². The second-order valence-electron chi connectivity index (χ2n) is 4.45. The van der Waals surface area contributed by atoms with Gasteiger partial charge in [0.05, 0.1) is 0 Å². The van der Waals surface area contributed by atoms with Crippen molar-refractivity contribution in [2.75, 3.05) is 0 Å². The molecule has 0 saturated heterocycles. The maximum Gasteiger partial charge on any atom is 0.0165 e. The topological polar surface area (TPSA) is 0 Å². The van der Waals surface area contributed by atoms with Gasteiger partial charge in [0.25, 0.3) is 0 Å². The molecule has 0 aliphatic heterocycles. The second-order valence-corrected chi connectivity index (χ2v) is 5.61. The maximum absolute atomic E-state index is 2.43. The van der Waals surface area contributed by atoms with Crippen LogP contribution in [0.15, 0.2) is 54.6 Å². The Kier molecular flexibility index (Phi) is 4.60. The van der Waals surface area contributed by atoms with Crippen LogP contribution in [0.1, 0.15) is 30.4 Å². The summed E-state index contributed by atoms with van der Waals surface area (Å²) in [6, 6.07) is 19.4. The third-order valence-electron chi connectivity index (χ3n) is 3.14. The molecule has 0 aliphatic rings. The highest BCUT2D eigenvalue weighted by Crippen LogP contribution is 2.25. The Morgan fingerprint density at radius 3 is 2.29 bits per heavy atom. The summed E-state index contributed by atoms with van der Waals surface area (Å²) in [4.78, 5) is 0.